The van der Waals surface area contributed by atoms with Crippen LogP contribution in [0.3, 0.4) is 0 Å². The van der Waals surface area contributed by atoms with Crippen molar-refractivity contribution in [2.24, 2.45) is 0 Å². The fourth-order valence-corrected chi connectivity index (χ4v) is 6.27. The van der Waals surface area contributed by atoms with Crippen LogP contribution in [-0.2, 0) is 9.84 Å². The van der Waals surface area contributed by atoms with Gasteiger partial charge in [0.05, 0.1) is 9.79 Å². The van der Waals surface area contributed by atoms with Gasteiger partial charge < -0.3 is 9.47 Å². The zero-order valence-corrected chi connectivity index (χ0v) is 20.4. The van der Waals surface area contributed by atoms with Crippen LogP contribution < -0.4 is 9.47 Å². The van der Waals surface area contributed by atoms with Gasteiger partial charge >= 0.3 is 0 Å². The van der Waals surface area contributed by atoms with Crippen LogP contribution in [0, 0.1) is 0 Å². The van der Waals surface area contributed by atoms with Crippen LogP contribution in [0.5, 0.6) is 23.0 Å². The fraction of sp³-hybridized carbons (Fsp3) is 0. The molecule has 0 fully saturated rings. The highest BCUT2D eigenvalue weighted by molar-refractivity contribution is 7.91. The van der Waals surface area contributed by atoms with Gasteiger partial charge in [0.1, 0.15) is 0 Å². The first-order valence-corrected chi connectivity index (χ1v) is 13.4. The van der Waals surface area contributed by atoms with E-state index in [4.69, 9.17) is 9.47 Å². The van der Waals surface area contributed by atoms with Gasteiger partial charge in [-0.3, -0.25) is 0 Å². The number of ether oxygens (including phenoxy) is 2. The molecule has 178 valence electrons. The minimum Gasteiger partial charge on any atom is -0.449 e. The van der Waals surface area contributed by atoms with E-state index in [1.165, 1.54) is 0 Å². The van der Waals surface area contributed by atoms with Gasteiger partial charge in [-0.1, -0.05) is 84.9 Å². The molecule has 6 aromatic rings. The van der Waals surface area contributed by atoms with Crippen molar-refractivity contribution >= 4 is 31.4 Å². The van der Waals surface area contributed by atoms with Crippen molar-refractivity contribution in [1.29, 1.82) is 0 Å². The molecule has 0 N–H and O–H groups in total. The van der Waals surface area contributed by atoms with Crippen molar-refractivity contribution in [1.82, 2.24) is 0 Å². The van der Waals surface area contributed by atoms with E-state index in [0.29, 0.717) is 23.0 Å². The van der Waals surface area contributed by atoms with Gasteiger partial charge in [-0.2, -0.15) is 0 Å². The third-order valence-electron chi connectivity index (χ3n) is 6.74. The molecule has 0 saturated heterocycles. The number of sulfone groups is 1. The Hall–Kier alpha value is -4.61. The summed E-state index contributed by atoms with van der Waals surface area (Å²) in [6.45, 7) is 0. The predicted octanol–water partition coefficient (Wildman–Crippen LogP) is 8.39. The van der Waals surface area contributed by atoms with Gasteiger partial charge in [-0.15, -0.1) is 0 Å². The quantitative estimate of drug-likeness (QED) is 0.244. The molecule has 1 aliphatic rings. The molecule has 1 heterocycles. The van der Waals surface area contributed by atoms with Gasteiger partial charge in [0.25, 0.3) is 0 Å². The summed E-state index contributed by atoms with van der Waals surface area (Å²) in [6.07, 6.45) is 0. The first-order chi connectivity index (χ1) is 18.1. The lowest BCUT2D eigenvalue weighted by Crippen LogP contribution is -2.03. The van der Waals surface area contributed by atoms with E-state index >= 15 is 0 Å². The maximum absolute atomic E-state index is 13.3. The lowest BCUT2D eigenvalue weighted by Gasteiger charge is -2.24. The molecule has 0 saturated carbocycles. The first-order valence-electron chi connectivity index (χ1n) is 11.9. The highest BCUT2D eigenvalue weighted by Crippen LogP contribution is 2.53. The fourth-order valence-electron chi connectivity index (χ4n) is 4.94. The van der Waals surface area contributed by atoms with Gasteiger partial charge in [0.15, 0.2) is 23.0 Å². The summed E-state index contributed by atoms with van der Waals surface area (Å²) >= 11 is 0. The van der Waals surface area contributed by atoms with Crippen molar-refractivity contribution in [3.8, 4) is 34.1 Å². The van der Waals surface area contributed by atoms with Crippen LogP contribution in [0.4, 0.5) is 0 Å². The maximum Gasteiger partial charge on any atom is 0.206 e. The smallest absolute Gasteiger partial charge is 0.206 e. The Balaban J connectivity index is 1.41. The van der Waals surface area contributed by atoms with Crippen LogP contribution in [0.2, 0.25) is 0 Å². The highest BCUT2D eigenvalue weighted by atomic mass is 32.2. The molecule has 0 atom stereocenters. The van der Waals surface area contributed by atoms with Crippen LogP contribution in [0.25, 0.3) is 32.7 Å². The summed E-state index contributed by atoms with van der Waals surface area (Å²) in [5.74, 6) is 2.58. The minimum atomic E-state index is -3.66. The summed E-state index contributed by atoms with van der Waals surface area (Å²) in [4.78, 5) is 0.508. The predicted molar refractivity (Wildman–Crippen MR) is 145 cm³/mol. The largest absolute Gasteiger partial charge is 0.449 e. The molecule has 0 aliphatic carbocycles. The molecule has 7 rings (SSSR count). The molecule has 4 nitrogen and oxygen atoms in total. The number of hydrogen-bond acceptors (Lipinski definition) is 4. The third-order valence-corrected chi connectivity index (χ3v) is 8.50. The topological polar surface area (TPSA) is 52.6 Å². The zero-order valence-electron chi connectivity index (χ0n) is 19.6. The van der Waals surface area contributed by atoms with E-state index in [2.05, 4.69) is 0 Å². The second-order valence-corrected chi connectivity index (χ2v) is 10.9. The molecule has 0 unspecified atom stereocenters. The molecule has 0 bridgehead atoms. The van der Waals surface area contributed by atoms with E-state index in [0.717, 1.165) is 32.7 Å². The van der Waals surface area contributed by atoms with Crippen molar-refractivity contribution in [2.45, 2.75) is 9.79 Å². The molecule has 5 heteroatoms. The van der Waals surface area contributed by atoms with Crippen molar-refractivity contribution in [3.63, 3.8) is 0 Å². The average molecular weight is 501 g/mol. The Kier molecular flexibility index (Phi) is 4.81. The molecule has 0 amide bonds. The molecule has 37 heavy (non-hydrogen) atoms. The van der Waals surface area contributed by atoms with Gasteiger partial charge in [0, 0.05) is 10.8 Å². The minimum absolute atomic E-state index is 0.242. The van der Waals surface area contributed by atoms with Gasteiger partial charge in [0.2, 0.25) is 9.84 Å². The molecule has 6 aromatic carbocycles. The zero-order chi connectivity index (χ0) is 25.0. The number of benzene rings is 6. The third kappa shape index (κ3) is 3.47. The first kappa shape index (κ1) is 21.7. The molecule has 0 spiro atoms. The second-order valence-electron chi connectivity index (χ2n) is 8.96. The molecular weight excluding hydrogens is 480 g/mol. The highest BCUT2D eigenvalue weighted by Gasteiger charge is 2.25. The molecule has 0 aromatic heterocycles. The standard InChI is InChI=1S/C32H20O4S/c33-37(34,23-11-2-1-3-12-23)24-13-8-10-22(19-24)28-20-30-32(27-16-7-6-15-26(27)28)35-29-18-17-21-9-4-5-14-25(21)31(29)36-30/h1-20H. The van der Waals surface area contributed by atoms with E-state index in [1.54, 1.807) is 48.5 Å². The van der Waals surface area contributed by atoms with E-state index in [-0.39, 0.29) is 9.79 Å². The monoisotopic (exact) mass is 500 g/mol. The normalized spacial score (nSPS) is 12.4. The second kappa shape index (κ2) is 8.22. The van der Waals surface area contributed by atoms with Crippen molar-refractivity contribution in [2.75, 3.05) is 0 Å². The molecule has 0 radical (unpaired) electrons. The summed E-state index contributed by atoms with van der Waals surface area (Å²) in [5.41, 5.74) is 1.65. The average Bonchev–Trinajstić information content (AvgIpc) is 2.96. The Morgan fingerprint density at radius 1 is 0.486 bits per heavy atom. The van der Waals surface area contributed by atoms with E-state index < -0.39 is 9.84 Å². The Morgan fingerprint density at radius 3 is 1.97 bits per heavy atom. The Bertz CT molecular complexity index is 1940. The van der Waals surface area contributed by atoms with Gasteiger partial charge in [-0.25, -0.2) is 8.42 Å². The van der Waals surface area contributed by atoms with E-state index in [9.17, 15) is 8.42 Å². The summed E-state index contributed by atoms with van der Waals surface area (Å²) in [5, 5.41) is 3.87. The SMILES string of the molecule is O=S(=O)(c1ccccc1)c1cccc(-c2cc3c(c4ccccc24)Oc2ccc4ccccc4c2O3)c1. The van der Waals surface area contributed by atoms with Crippen molar-refractivity contribution in [3.05, 3.63) is 121 Å². The Morgan fingerprint density at radius 2 is 1.14 bits per heavy atom. The molecular formula is C32H20O4S. The Labute approximate surface area is 214 Å². The lowest BCUT2D eigenvalue weighted by atomic mass is 9.96. The lowest BCUT2D eigenvalue weighted by molar-refractivity contribution is 0.367. The number of fused-ring (bicyclic) bond motifs is 6. The summed E-state index contributed by atoms with van der Waals surface area (Å²) in [6, 6.07) is 37.4. The van der Waals surface area contributed by atoms with Crippen LogP contribution in [0.1, 0.15) is 0 Å². The molecule has 1 aliphatic heterocycles. The maximum atomic E-state index is 13.3. The van der Waals surface area contributed by atoms with Crippen LogP contribution in [0.15, 0.2) is 131 Å². The number of rotatable bonds is 3. The summed E-state index contributed by atoms with van der Waals surface area (Å²) in [7, 11) is -3.66. The van der Waals surface area contributed by atoms with Gasteiger partial charge in [-0.05, 0) is 58.3 Å². The van der Waals surface area contributed by atoms with E-state index in [1.807, 2.05) is 72.8 Å². The van der Waals surface area contributed by atoms with Crippen molar-refractivity contribution < 1.29 is 17.9 Å². The number of hydrogen-bond donors (Lipinski definition) is 0. The van der Waals surface area contributed by atoms with Crippen LogP contribution >= 0.6 is 0 Å². The van der Waals surface area contributed by atoms with Crippen LogP contribution in [-0.4, -0.2) is 8.42 Å². The summed E-state index contributed by atoms with van der Waals surface area (Å²) < 4.78 is 39.6.